The van der Waals surface area contributed by atoms with Gasteiger partial charge in [0.2, 0.25) is 0 Å². The smallest absolute Gasteiger partial charge is 0.309 e. The standard InChI is InChI=1S/C23H42O4/c1-3-5-6-7-8-9-10-11-12-13-14-15-16-17-18-21(20-22(24)25)23(26)27-19-4-2/h5-6,21H,3-4,7-20H2,1-2H3,(H,24,25)/b6-5+. The lowest BCUT2D eigenvalue weighted by Gasteiger charge is -2.13. The molecule has 1 atom stereocenters. The molecule has 0 amide bonds. The highest BCUT2D eigenvalue weighted by Gasteiger charge is 2.22. The molecule has 0 spiro atoms. The van der Waals surface area contributed by atoms with Crippen molar-refractivity contribution in [3.63, 3.8) is 0 Å². The van der Waals surface area contributed by atoms with Gasteiger partial charge in [-0.2, -0.15) is 0 Å². The summed E-state index contributed by atoms with van der Waals surface area (Å²) in [6.07, 6.45) is 20.5. The van der Waals surface area contributed by atoms with Gasteiger partial charge in [0.15, 0.2) is 0 Å². The van der Waals surface area contributed by atoms with Gasteiger partial charge in [0.1, 0.15) is 0 Å². The van der Waals surface area contributed by atoms with Crippen LogP contribution in [-0.2, 0) is 14.3 Å². The Morgan fingerprint density at radius 2 is 1.41 bits per heavy atom. The minimum atomic E-state index is -0.921. The fourth-order valence-corrected chi connectivity index (χ4v) is 3.19. The summed E-state index contributed by atoms with van der Waals surface area (Å²) in [5, 5.41) is 8.96. The first-order chi connectivity index (χ1) is 13.1. The molecule has 0 aliphatic heterocycles. The zero-order valence-corrected chi connectivity index (χ0v) is 17.7. The summed E-state index contributed by atoms with van der Waals surface area (Å²) in [4.78, 5) is 22.8. The van der Waals surface area contributed by atoms with Crippen LogP contribution in [-0.4, -0.2) is 23.7 Å². The third-order valence-corrected chi connectivity index (χ3v) is 4.78. The van der Waals surface area contributed by atoms with Crippen molar-refractivity contribution >= 4 is 11.9 Å². The van der Waals surface area contributed by atoms with Gasteiger partial charge in [0.25, 0.3) is 0 Å². The molecule has 0 aromatic rings. The molecule has 1 N–H and O–H groups in total. The van der Waals surface area contributed by atoms with Crippen molar-refractivity contribution in [3.05, 3.63) is 12.2 Å². The zero-order chi connectivity index (χ0) is 20.2. The maximum Gasteiger partial charge on any atom is 0.309 e. The second kappa shape index (κ2) is 19.4. The summed E-state index contributed by atoms with van der Waals surface area (Å²) >= 11 is 0. The van der Waals surface area contributed by atoms with Crippen LogP contribution >= 0.6 is 0 Å². The van der Waals surface area contributed by atoms with E-state index in [1.165, 1.54) is 57.8 Å². The predicted octanol–water partition coefficient (Wildman–Crippen LogP) is 6.68. The van der Waals surface area contributed by atoms with Gasteiger partial charge < -0.3 is 9.84 Å². The molecule has 0 fully saturated rings. The lowest BCUT2D eigenvalue weighted by molar-refractivity contribution is -0.153. The molecule has 1 unspecified atom stereocenters. The van der Waals surface area contributed by atoms with Crippen LogP contribution in [0.3, 0.4) is 0 Å². The monoisotopic (exact) mass is 382 g/mol. The van der Waals surface area contributed by atoms with Crippen LogP contribution in [0.1, 0.15) is 110 Å². The fraction of sp³-hybridized carbons (Fsp3) is 0.826. The number of hydrogen-bond acceptors (Lipinski definition) is 3. The minimum Gasteiger partial charge on any atom is -0.481 e. The maximum absolute atomic E-state index is 11.9. The molecule has 0 saturated carbocycles. The van der Waals surface area contributed by atoms with Crippen LogP contribution in [0, 0.1) is 5.92 Å². The van der Waals surface area contributed by atoms with Crippen molar-refractivity contribution in [3.8, 4) is 0 Å². The number of allylic oxidation sites excluding steroid dienone is 2. The van der Waals surface area contributed by atoms with E-state index in [0.717, 1.165) is 25.7 Å². The van der Waals surface area contributed by atoms with Crippen molar-refractivity contribution < 1.29 is 19.4 Å². The predicted molar refractivity (Wildman–Crippen MR) is 112 cm³/mol. The quantitative estimate of drug-likeness (QED) is 0.154. The number of aliphatic carboxylic acids is 1. The van der Waals surface area contributed by atoms with Gasteiger partial charge in [-0.1, -0.05) is 83.8 Å². The lowest BCUT2D eigenvalue weighted by atomic mass is 9.97. The van der Waals surface area contributed by atoms with Crippen LogP contribution < -0.4 is 0 Å². The maximum atomic E-state index is 11.9. The molecule has 0 rings (SSSR count). The van der Waals surface area contributed by atoms with E-state index >= 15 is 0 Å². The Morgan fingerprint density at radius 3 is 1.93 bits per heavy atom. The average molecular weight is 383 g/mol. The van der Waals surface area contributed by atoms with Crippen LogP contribution in [0.4, 0.5) is 0 Å². The molecule has 0 aliphatic rings. The highest BCUT2D eigenvalue weighted by atomic mass is 16.5. The van der Waals surface area contributed by atoms with E-state index in [2.05, 4.69) is 19.1 Å². The number of esters is 1. The van der Waals surface area contributed by atoms with Gasteiger partial charge in [-0.3, -0.25) is 9.59 Å². The summed E-state index contributed by atoms with van der Waals surface area (Å²) < 4.78 is 5.12. The van der Waals surface area contributed by atoms with Gasteiger partial charge in [0, 0.05) is 0 Å². The van der Waals surface area contributed by atoms with Crippen LogP contribution in [0.5, 0.6) is 0 Å². The van der Waals surface area contributed by atoms with Gasteiger partial charge >= 0.3 is 11.9 Å². The Bertz CT molecular complexity index is 390. The summed E-state index contributed by atoms with van der Waals surface area (Å²) in [5.41, 5.74) is 0. The SMILES string of the molecule is CC/C=C/CCCCCCCCCCCCC(CC(=O)O)C(=O)OCCC. The van der Waals surface area contributed by atoms with Crippen molar-refractivity contribution in [1.29, 1.82) is 0 Å². The van der Waals surface area contributed by atoms with E-state index in [-0.39, 0.29) is 12.4 Å². The molecule has 4 nitrogen and oxygen atoms in total. The molecular weight excluding hydrogens is 340 g/mol. The molecule has 0 aromatic carbocycles. The van der Waals surface area contributed by atoms with Crippen molar-refractivity contribution in [2.75, 3.05) is 6.61 Å². The number of unbranched alkanes of at least 4 members (excludes halogenated alkanes) is 10. The molecule has 0 bridgehead atoms. The fourth-order valence-electron chi connectivity index (χ4n) is 3.19. The summed E-state index contributed by atoms with van der Waals surface area (Å²) in [6, 6.07) is 0. The second-order valence-corrected chi connectivity index (χ2v) is 7.45. The molecular formula is C23H42O4. The molecule has 0 saturated heterocycles. The largest absolute Gasteiger partial charge is 0.481 e. The number of carboxylic acids is 1. The Kier molecular flexibility index (Phi) is 18.5. The summed E-state index contributed by atoms with van der Waals surface area (Å²) in [7, 11) is 0. The first-order valence-corrected chi connectivity index (χ1v) is 11.1. The number of rotatable bonds is 19. The van der Waals surface area contributed by atoms with Crippen molar-refractivity contribution in [1.82, 2.24) is 0 Å². The number of carbonyl (C=O) groups is 2. The van der Waals surface area contributed by atoms with E-state index in [1.54, 1.807) is 0 Å². The second-order valence-electron chi connectivity index (χ2n) is 7.45. The normalized spacial score (nSPS) is 12.4. The molecule has 158 valence electrons. The van der Waals surface area contributed by atoms with Crippen LogP contribution in [0.2, 0.25) is 0 Å². The van der Waals surface area contributed by atoms with Gasteiger partial charge in [-0.15, -0.1) is 0 Å². The first-order valence-electron chi connectivity index (χ1n) is 11.1. The number of carbonyl (C=O) groups excluding carboxylic acids is 1. The Balaban J connectivity index is 3.57. The Hall–Kier alpha value is -1.32. The highest BCUT2D eigenvalue weighted by Crippen LogP contribution is 2.18. The zero-order valence-electron chi connectivity index (χ0n) is 17.7. The Labute approximate surface area is 166 Å². The third-order valence-electron chi connectivity index (χ3n) is 4.78. The van der Waals surface area contributed by atoms with Gasteiger partial charge in [-0.25, -0.2) is 0 Å². The first kappa shape index (κ1) is 25.7. The minimum absolute atomic E-state index is 0.114. The lowest BCUT2D eigenvalue weighted by Crippen LogP contribution is -2.21. The topological polar surface area (TPSA) is 63.6 Å². The molecule has 27 heavy (non-hydrogen) atoms. The van der Waals surface area contributed by atoms with Gasteiger partial charge in [-0.05, 0) is 32.1 Å². The van der Waals surface area contributed by atoms with E-state index < -0.39 is 11.9 Å². The molecule has 0 aromatic heterocycles. The van der Waals surface area contributed by atoms with E-state index in [1.807, 2.05) is 6.92 Å². The molecule has 0 aliphatic carbocycles. The van der Waals surface area contributed by atoms with E-state index in [4.69, 9.17) is 9.84 Å². The number of hydrogen-bond donors (Lipinski definition) is 1. The molecule has 0 radical (unpaired) electrons. The van der Waals surface area contributed by atoms with Gasteiger partial charge in [0.05, 0.1) is 18.9 Å². The molecule has 0 heterocycles. The van der Waals surface area contributed by atoms with Crippen LogP contribution in [0.15, 0.2) is 12.2 Å². The Morgan fingerprint density at radius 1 is 0.852 bits per heavy atom. The van der Waals surface area contributed by atoms with Crippen molar-refractivity contribution in [2.24, 2.45) is 5.92 Å². The average Bonchev–Trinajstić information content (AvgIpc) is 2.65. The van der Waals surface area contributed by atoms with E-state index in [0.29, 0.717) is 13.0 Å². The van der Waals surface area contributed by atoms with Crippen LogP contribution in [0.25, 0.3) is 0 Å². The summed E-state index contributed by atoms with van der Waals surface area (Å²) in [6.45, 7) is 4.49. The van der Waals surface area contributed by atoms with Crippen molar-refractivity contribution in [2.45, 2.75) is 110 Å². The third kappa shape index (κ3) is 17.8. The highest BCUT2D eigenvalue weighted by molar-refractivity contribution is 5.79. The number of ether oxygens (including phenoxy) is 1. The van der Waals surface area contributed by atoms with E-state index in [9.17, 15) is 9.59 Å². The summed E-state index contributed by atoms with van der Waals surface area (Å²) in [5.74, 6) is -1.75. The molecule has 4 heteroatoms. The number of carboxylic acid groups (broad SMARTS) is 1.